The summed E-state index contributed by atoms with van der Waals surface area (Å²) in [5.74, 6) is 0.136. The average molecular weight is 213 g/mol. The van der Waals surface area contributed by atoms with Gasteiger partial charge in [0.2, 0.25) is 0 Å². The SMILES string of the molecule is COCC(C)NC(C)=CC(=O)C(C)(C)C. The van der Waals surface area contributed by atoms with Crippen molar-refractivity contribution in [3.8, 4) is 0 Å². The maximum atomic E-state index is 11.7. The second kappa shape index (κ2) is 5.91. The summed E-state index contributed by atoms with van der Waals surface area (Å²) in [6.07, 6.45) is 1.66. The lowest BCUT2D eigenvalue weighted by atomic mass is 9.90. The Morgan fingerprint density at radius 3 is 2.40 bits per heavy atom. The Hall–Kier alpha value is -0.830. The monoisotopic (exact) mass is 213 g/mol. The molecule has 3 nitrogen and oxygen atoms in total. The lowest BCUT2D eigenvalue weighted by Gasteiger charge is -2.17. The molecule has 0 rings (SSSR count). The molecule has 0 aliphatic heterocycles. The lowest BCUT2D eigenvalue weighted by molar-refractivity contribution is -0.121. The van der Waals surface area contributed by atoms with Crippen LogP contribution in [-0.2, 0) is 9.53 Å². The normalized spacial score (nSPS) is 14.9. The fraction of sp³-hybridized carbons (Fsp3) is 0.750. The second-order valence-electron chi connectivity index (χ2n) is 4.94. The molecule has 0 spiro atoms. The van der Waals surface area contributed by atoms with E-state index in [9.17, 15) is 4.79 Å². The number of nitrogens with one attached hydrogen (secondary N) is 1. The Bertz CT molecular complexity index is 238. The van der Waals surface area contributed by atoms with E-state index in [2.05, 4.69) is 5.32 Å². The van der Waals surface area contributed by atoms with E-state index in [0.717, 1.165) is 5.70 Å². The first-order valence-corrected chi connectivity index (χ1v) is 5.25. The van der Waals surface area contributed by atoms with Gasteiger partial charge in [-0.15, -0.1) is 0 Å². The minimum atomic E-state index is -0.312. The van der Waals surface area contributed by atoms with Crippen molar-refractivity contribution >= 4 is 5.78 Å². The summed E-state index contributed by atoms with van der Waals surface area (Å²) in [7, 11) is 1.66. The summed E-state index contributed by atoms with van der Waals surface area (Å²) in [5, 5.41) is 3.20. The molecular weight excluding hydrogens is 190 g/mol. The zero-order valence-corrected chi connectivity index (χ0v) is 10.7. The van der Waals surface area contributed by atoms with E-state index < -0.39 is 0 Å². The zero-order chi connectivity index (χ0) is 12.1. The molecule has 0 radical (unpaired) electrons. The highest BCUT2D eigenvalue weighted by Crippen LogP contribution is 2.15. The molecule has 0 aromatic heterocycles. The predicted molar refractivity (Wildman–Crippen MR) is 62.7 cm³/mol. The average Bonchev–Trinajstić information content (AvgIpc) is 2.01. The molecular formula is C12H23NO2. The molecule has 0 aromatic carbocycles. The molecule has 0 heterocycles. The van der Waals surface area contributed by atoms with Gasteiger partial charge in [0.05, 0.1) is 6.61 Å². The van der Waals surface area contributed by atoms with Crippen LogP contribution in [0.5, 0.6) is 0 Å². The molecule has 0 aromatic rings. The number of hydrogen-bond acceptors (Lipinski definition) is 3. The number of ether oxygens (including phenoxy) is 1. The van der Waals surface area contributed by atoms with Crippen LogP contribution in [0.15, 0.2) is 11.8 Å². The van der Waals surface area contributed by atoms with Gasteiger partial charge in [-0.2, -0.15) is 0 Å². The largest absolute Gasteiger partial charge is 0.384 e. The van der Waals surface area contributed by atoms with Crippen LogP contribution in [0.3, 0.4) is 0 Å². The van der Waals surface area contributed by atoms with Crippen LogP contribution in [0.25, 0.3) is 0 Å². The van der Waals surface area contributed by atoms with Gasteiger partial charge in [-0.25, -0.2) is 0 Å². The molecule has 0 amide bonds. The van der Waals surface area contributed by atoms with E-state index in [0.29, 0.717) is 6.61 Å². The van der Waals surface area contributed by atoms with Gasteiger partial charge in [-0.05, 0) is 13.8 Å². The molecule has 0 bridgehead atoms. The van der Waals surface area contributed by atoms with Crippen LogP contribution in [0.4, 0.5) is 0 Å². The fourth-order valence-corrected chi connectivity index (χ4v) is 1.14. The fourth-order valence-electron chi connectivity index (χ4n) is 1.14. The molecule has 3 heteroatoms. The van der Waals surface area contributed by atoms with E-state index in [1.807, 2.05) is 34.6 Å². The van der Waals surface area contributed by atoms with Crippen LogP contribution < -0.4 is 5.32 Å². The van der Waals surface area contributed by atoms with Crippen LogP contribution in [0.2, 0.25) is 0 Å². The van der Waals surface area contributed by atoms with Gasteiger partial charge in [0.1, 0.15) is 0 Å². The van der Waals surface area contributed by atoms with Crippen LogP contribution in [-0.4, -0.2) is 25.5 Å². The minimum absolute atomic E-state index is 0.136. The van der Waals surface area contributed by atoms with Crippen LogP contribution in [0.1, 0.15) is 34.6 Å². The molecule has 0 saturated carbocycles. The van der Waals surface area contributed by atoms with Gasteiger partial charge in [0.15, 0.2) is 5.78 Å². The summed E-state index contributed by atoms with van der Waals surface area (Å²) in [6.45, 7) is 10.3. The summed E-state index contributed by atoms with van der Waals surface area (Å²) < 4.78 is 5.00. The zero-order valence-electron chi connectivity index (χ0n) is 10.7. The van der Waals surface area contributed by atoms with Gasteiger partial charge in [-0.3, -0.25) is 4.79 Å². The van der Waals surface area contributed by atoms with E-state index in [1.54, 1.807) is 13.2 Å². The summed E-state index contributed by atoms with van der Waals surface area (Å²) in [5.41, 5.74) is 0.576. The summed E-state index contributed by atoms with van der Waals surface area (Å²) in [4.78, 5) is 11.7. The molecule has 0 aliphatic rings. The number of ketones is 1. The van der Waals surface area contributed by atoms with Crippen LogP contribution >= 0.6 is 0 Å². The molecule has 0 fully saturated rings. The summed E-state index contributed by atoms with van der Waals surface area (Å²) >= 11 is 0. The van der Waals surface area contributed by atoms with Gasteiger partial charge in [0.25, 0.3) is 0 Å². The Morgan fingerprint density at radius 2 is 2.00 bits per heavy atom. The van der Waals surface area contributed by atoms with E-state index in [1.165, 1.54) is 0 Å². The van der Waals surface area contributed by atoms with Crippen molar-refractivity contribution in [2.24, 2.45) is 5.41 Å². The molecule has 88 valence electrons. The standard InChI is InChI=1S/C12H23NO2/c1-9(13-10(2)8-15-6)7-11(14)12(3,4)5/h7,10,13H,8H2,1-6H3. The number of rotatable bonds is 5. The highest BCUT2D eigenvalue weighted by molar-refractivity contribution is 5.94. The number of allylic oxidation sites excluding steroid dienone is 2. The number of carbonyl (C=O) groups is 1. The van der Waals surface area contributed by atoms with Gasteiger partial charge >= 0.3 is 0 Å². The lowest BCUT2D eigenvalue weighted by Crippen LogP contribution is -2.29. The van der Waals surface area contributed by atoms with Crippen LogP contribution in [0, 0.1) is 5.41 Å². The van der Waals surface area contributed by atoms with Crippen molar-refractivity contribution in [1.29, 1.82) is 0 Å². The first-order chi connectivity index (χ1) is 6.77. The van der Waals surface area contributed by atoms with Crippen molar-refractivity contribution in [3.63, 3.8) is 0 Å². The van der Waals surface area contributed by atoms with Crippen molar-refractivity contribution < 1.29 is 9.53 Å². The third-order valence-electron chi connectivity index (χ3n) is 1.98. The Balaban J connectivity index is 4.26. The molecule has 1 atom stereocenters. The molecule has 0 saturated heterocycles. The van der Waals surface area contributed by atoms with E-state index in [-0.39, 0.29) is 17.2 Å². The first-order valence-electron chi connectivity index (χ1n) is 5.25. The maximum absolute atomic E-state index is 11.7. The molecule has 15 heavy (non-hydrogen) atoms. The highest BCUT2D eigenvalue weighted by Gasteiger charge is 2.18. The van der Waals surface area contributed by atoms with Crippen molar-refractivity contribution in [3.05, 3.63) is 11.8 Å². The third-order valence-corrected chi connectivity index (χ3v) is 1.98. The highest BCUT2D eigenvalue weighted by atomic mass is 16.5. The first kappa shape index (κ1) is 14.2. The maximum Gasteiger partial charge on any atom is 0.162 e. The van der Waals surface area contributed by atoms with Crippen molar-refractivity contribution in [2.45, 2.75) is 40.7 Å². The topological polar surface area (TPSA) is 38.3 Å². The number of methoxy groups -OCH3 is 1. The molecule has 1 N–H and O–H groups in total. The molecule has 1 unspecified atom stereocenters. The quantitative estimate of drug-likeness (QED) is 0.711. The van der Waals surface area contributed by atoms with Crippen molar-refractivity contribution in [2.75, 3.05) is 13.7 Å². The Morgan fingerprint density at radius 1 is 1.47 bits per heavy atom. The molecule has 0 aliphatic carbocycles. The van der Waals surface area contributed by atoms with Gasteiger partial charge in [-0.1, -0.05) is 20.8 Å². The Labute approximate surface area is 92.9 Å². The van der Waals surface area contributed by atoms with Gasteiger partial charge < -0.3 is 10.1 Å². The number of carbonyl (C=O) groups excluding carboxylic acids is 1. The van der Waals surface area contributed by atoms with E-state index in [4.69, 9.17) is 4.74 Å². The minimum Gasteiger partial charge on any atom is -0.384 e. The van der Waals surface area contributed by atoms with Crippen molar-refractivity contribution in [1.82, 2.24) is 5.32 Å². The number of hydrogen-bond donors (Lipinski definition) is 1. The second-order valence-corrected chi connectivity index (χ2v) is 4.94. The van der Waals surface area contributed by atoms with E-state index >= 15 is 0 Å². The third kappa shape index (κ3) is 6.28. The smallest absolute Gasteiger partial charge is 0.162 e. The van der Waals surface area contributed by atoms with Gasteiger partial charge in [0, 0.05) is 30.3 Å². The summed E-state index contributed by atoms with van der Waals surface area (Å²) in [6, 6.07) is 0.221. The predicted octanol–water partition coefficient (Wildman–Crippen LogP) is 2.13. The Kier molecular flexibility index (Phi) is 5.58.